The van der Waals surface area contributed by atoms with Gasteiger partial charge in [0.05, 0.1) is 22.5 Å². The molecule has 0 radical (unpaired) electrons. The SMILES string of the molecule is CCOC1CCCN(C(=O)C(C)SCc2nc3sc(C)c(C)c3c(=O)[nH]2)C1. The van der Waals surface area contributed by atoms with Crippen molar-refractivity contribution in [3.8, 4) is 0 Å². The number of thiophene rings is 1. The van der Waals surface area contributed by atoms with Crippen LogP contribution in [0.3, 0.4) is 0 Å². The first-order valence-corrected chi connectivity index (χ1v) is 11.3. The Kier molecular flexibility index (Phi) is 6.60. The highest BCUT2D eigenvalue weighted by molar-refractivity contribution is 7.99. The number of amides is 1. The van der Waals surface area contributed by atoms with Crippen LogP contribution in [0.1, 0.15) is 43.0 Å². The summed E-state index contributed by atoms with van der Waals surface area (Å²) in [6.07, 6.45) is 2.15. The summed E-state index contributed by atoms with van der Waals surface area (Å²) in [5.41, 5.74) is 0.910. The molecule has 2 unspecified atom stereocenters. The normalized spacial score (nSPS) is 18.8. The predicted octanol–water partition coefficient (Wildman–Crippen LogP) is 3.25. The molecule has 0 saturated carbocycles. The van der Waals surface area contributed by atoms with Gasteiger partial charge in [0.25, 0.3) is 5.56 Å². The molecule has 3 heterocycles. The lowest BCUT2D eigenvalue weighted by Crippen LogP contribution is -2.46. The van der Waals surface area contributed by atoms with E-state index in [1.807, 2.05) is 32.6 Å². The van der Waals surface area contributed by atoms with Crippen LogP contribution in [0, 0.1) is 13.8 Å². The molecule has 0 bridgehead atoms. The average molecular weight is 410 g/mol. The highest BCUT2D eigenvalue weighted by Crippen LogP contribution is 2.27. The van der Waals surface area contributed by atoms with Gasteiger partial charge in [-0.1, -0.05) is 0 Å². The number of thioether (sulfide) groups is 1. The van der Waals surface area contributed by atoms with Crippen LogP contribution in [0.15, 0.2) is 4.79 Å². The van der Waals surface area contributed by atoms with Gasteiger partial charge in [0, 0.05) is 24.6 Å². The molecule has 1 aliphatic rings. The van der Waals surface area contributed by atoms with Crippen LogP contribution >= 0.6 is 23.1 Å². The highest BCUT2D eigenvalue weighted by Gasteiger charge is 2.27. The van der Waals surface area contributed by atoms with E-state index in [1.54, 1.807) is 11.3 Å². The minimum absolute atomic E-state index is 0.0907. The van der Waals surface area contributed by atoms with Crippen LogP contribution in [0.5, 0.6) is 0 Å². The first-order chi connectivity index (χ1) is 12.9. The maximum atomic E-state index is 12.8. The van der Waals surface area contributed by atoms with Crippen molar-refractivity contribution in [3.05, 3.63) is 26.6 Å². The predicted molar refractivity (Wildman–Crippen MR) is 112 cm³/mol. The first-order valence-electron chi connectivity index (χ1n) is 9.41. The van der Waals surface area contributed by atoms with Crippen LogP contribution in [0.25, 0.3) is 10.2 Å². The Bertz CT molecular complexity index is 875. The lowest BCUT2D eigenvalue weighted by atomic mass is 10.1. The summed E-state index contributed by atoms with van der Waals surface area (Å²) in [6.45, 7) is 10.0. The van der Waals surface area contributed by atoms with Gasteiger partial charge in [-0.2, -0.15) is 0 Å². The fourth-order valence-corrected chi connectivity index (χ4v) is 5.30. The van der Waals surface area contributed by atoms with Crippen LogP contribution < -0.4 is 5.56 Å². The van der Waals surface area contributed by atoms with E-state index >= 15 is 0 Å². The second-order valence-electron chi connectivity index (χ2n) is 6.93. The number of nitrogens with zero attached hydrogens (tertiary/aromatic N) is 2. The smallest absolute Gasteiger partial charge is 0.259 e. The molecule has 2 aromatic rings. The number of carbonyl (C=O) groups is 1. The Morgan fingerprint density at radius 3 is 3.00 bits per heavy atom. The van der Waals surface area contributed by atoms with Gasteiger partial charge in [-0.3, -0.25) is 9.59 Å². The average Bonchev–Trinajstić information content (AvgIpc) is 2.94. The standard InChI is InChI=1S/C19H27N3O3S2/c1-5-25-14-7-6-8-22(9-14)19(24)13(4)26-10-15-20-17(23)16-11(2)12(3)27-18(16)21-15/h13-14H,5-10H2,1-4H3,(H,20,21,23). The molecule has 2 atom stereocenters. The Morgan fingerprint density at radius 1 is 1.48 bits per heavy atom. The number of fused-ring (bicyclic) bond motifs is 1. The molecule has 0 aromatic carbocycles. The number of rotatable bonds is 6. The van der Waals surface area contributed by atoms with E-state index in [2.05, 4.69) is 9.97 Å². The zero-order chi connectivity index (χ0) is 19.6. The van der Waals surface area contributed by atoms with E-state index in [9.17, 15) is 9.59 Å². The van der Waals surface area contributed by atoms with E-state index in [4.69, 9.17) is 4.74 Å². The maximum Gasteiger partial charge on any atom is 0.259 e. The highest BCUT2D eigenvalue weighted by atomic mass is 32.2. The molecule has 1 aliphatic heterocycles. The van der Waals surface area contributed by atoms with Crippen molar-refractivity contribution in [2.24, 2.45) is 0 Å². The molecule has 0 spiro atoms. The second-order valence-corrected chi connectivity index (χ2v) is 9.47. The molecule has 1 amide bonds. The van der Waals surface area contributed by atoms with E-state index in [0.29, 0.717) is 30.1 Å². The van der Waals surface area contributed by atoms with Gasteiger partial charge in [0.2, 0.25) is 5.91 Å². The number of H-pyrrole nitrogens is 1. The lowest BCUT2D eigenvalue weighted by molar-refractivity contribution is -0.134. The van der Waals surface area contributed by atoms with E-state index < -0.39 is 0 Å². The number of hydrogen-bond donors (Lipinski definition) is 1. The number of aryl methyl sites for hydroxylation is 2. The van der Waals surface area contributed by atoms with E-state index in [-0.39, 0.29) is 22.8 Å². The molecule has 1 saturated heterocycles. The number of nitrogens with one attached hydrogen (secondary N) is 1. The van der Waals surface area contributed by atoms with Gasteiger partial charge in [-0.15, -0.1) is 23.1 Å². The van der Waals surface area contributed by atoms with Crippen molar-refractivity contribution in [1.82, 2.24) is 14.9 Å². The summed E-state index contributed by atoms with van der Waals surface area (Å²) in [6, 6.07) is 0. The zero-order valence-electron chi connectivity index (χ0n) is 16.3. The Hall–Kier alpha value is -1.38. The van der Waals surface area contributed by atoms with Gasteiger partial charge in [-0.05, 0) is 46.1 Å². The summed E-state index contributed by atoms with van der Waals surface area (Å²) in [4.78, 5) is 36.4. The van der Waals surface area contributed by atoms with Crippen LogP contribution in [0.2, 0.25) is 0 Å². The topological polar surface area (TPSA) is 75.3 Å². The quantitative estimate of drug-likeness (QED) is 0.793. The Labute approximate surface area is 167 Å². The zero-order valence-corrected chi connectivity index (χ0v) is 18.0. The van der Waals surface area contributed by atoms with Gasteiger partial charge in [-0.25, -0.2) is 4.98 Å². The molecule has 2 aromatic heterocycles. The van der Waals surface area contributed by atoms with Crippen LogP contribution in [-0.2, 0) is 15.3 Å². The summed E-state index contributed by atoms with van der Waals surface area (Å²) < 4.78 is 5.69. The number of carbonyl (C=O) groups excluding carboxylic acids is 1. The number of aromatic nitrogens is 2. The van der Waals surface area contributed by atoms with Crippen molar-refractivity contribution in [2.75, 3.05) is 19.7 Å². The van der Waals surface area contributed by atoms with Crippen molar-refractivity contribution in [3.63, 3.8) is 0 Å². The number of piperidine rings is 1. The lowest BCUT2D eigenvalue weighted by Gasteiger charge is -2.34. The molecule has 6 nitrogen and oxygen atoms in total. The van der Waals surface area contributed by atoms with Crippen molar-refractivity contribution in [1.29, 1.82) is 0 Å². The van der Waals surface area contributed by atoms with Crippen LogP contribution in [0.4, 0.5) is 0 Å². The van der Waals surface area contributed by atoms with Gasteiger partial charge >= 0.3 is 0 Å². The summed E-state index contributed by atoms with van der Waals surface area (Å²) in [5, 5.41) is 0.504. The van der Waals surface area contributed by atoms with Crippen molar-refractivity contribution >= 4 is 39.2 Å². The minimum Gasteiger partial charge on any atom is -0.377 e. The largest absolute Gasteiger partial charge is 0.377 e. The molecule has 1 N–H and O–H groups in total. The molecule has 3 rings (SSSR count). The second kappa shape index (κ2) is 8.75. The summed E-state index contributed by atoms with van der Waals surface area (Å²) in [5.74, 6) is 1.27. The number of aromatic amines is 1. The van der Waals surface area contributed by atoms with Crippen molar-refractivity contribution < 1.29 is 9.53 Å². The maximum absolute atomic E-state index is 12.8. The third kappa shape index (κ3) is 4.55. The summed E-state index contributed by atoms with van der Waals surface area (Å²) in [7, 11) is 0. The molecular weight excluding hydrogens is 382 g/mol. The third-order valence-corrected chi connectivity index (χ3v) is 7.24. The Morgan fingerprint density at radius 2 is 2.26 bits per heavy atom. The van der Waals surface area contributed by atoms with E-state index in [1.165, 1.54) is 11.8 Å². The van der Waals surface area contributed by atoms with Gasteiger partial charge < -0.3 is 14.6 Å². The molecule has 8 heteroatoms. The van der Waals surface area contributed by atoms with Crippen molar-refractivity contribution in [2.45, 2.75) is 57.6 Å². The number of ether oxygens (including phenoxy) is 1. The van der Waals surface area contributed by atoms with Gasteiger partial charge in [0.15, 0.2) is 0 Å². The molecule has 27 heavy (non-hydrogen) atoms. The molecule has 0 aliphatic carbocycles. The van der Waals surface area contributed by atoms with Gasteiger partial charge in [0.1, 0.15) is 10.7 Å². The monoisotopic (exact) mass is 409 g/mol. The number of hydrogen-bond acceptors (Lipinski definition) is 6. The minimum atomic E-state index is -0.182. The fraction of sp³-hybridized carbons (Fsp3) is 0.632. The Balaban J connectivity index is 1.63. The fourth-order valence-electron chi connectivity index (χ4n) is 3.41. The molecule has 1 fully saturated rings. The van der Waals surface area contributed by atoms with E-state index in [0.717, 1.165) is 34.7 Å². The first kappa shape index (κ1) is 20.4. The van der Waals surface area contributed by atoms with Crippen LogP contribution in [-0.4, -0.2) is 51.8 Å². The molecule has 148 valence electrons. The summed E-state index contributed by atoms with van der Waals surface area (Å²) >= 11 is 3.06. The molecular formula is C19H27N3O3S2. The number of likely N-dealkylation sites (tertiary alicyclic amines) is 1. The third-order valence-electron chi connectivity index (χ3n) is 5.00.